The Labute approximate surface area is 169 Å². The molecule has 0 saturated carbocycles. The molecular formula is C23H35N3O2. The van der Waals surface area contributed by atoms with Crippen molar-refractivity contribution in [2.24, 2.45) is 0 Å². The summed E-state index contributed by atoms with van der Waals surface area (Å²) in [5, 5.41) is 3.68. The van der Waals surface area contributed by atoms with Crippen molar-refractivity contribution >= 4 is 6.03 Å². The van der Waals surface area contributed by atoms with Crippen molar-refractivity contribution < 1.29 is 9.53 Å². The first-order valence-corrected chi connectivity index (χ1v) is 10.8. The van der Waals surface area contributed by atoms with E-state index in [2.05, 4.69) is 43.1 Å². The highest BCUT2D eigenvalue weighted by Gasteiger charge is 2.33. The van der Waals surface area contributed by atoms with Crippen LogP contribution >= 0.6 is 0 Å². The van der Waals surface area contributed by atoms with Gasteiger partial charge in [0.2, 0.25) is 0 Å². The highest BCUT2D eigenvalue weighted by Crippen LogP contribution is 2.36. The lowest BCUT2D eigenvalue weighted by atomic mass is 9.80. The third-order valence-corrected chi connectivity index (χ3v) is 6.70. The third-order valence-electron chi connectivity index (χ3n) is 6.70. The van der Waals surface area contributed by atoms with Crippen molar-refractivity contribution in [3.05, 3.63) is 34.4 Å². The summed E-state index contributed by atoms with van der Waals surface area (Å²) < 4.78 is 5.45. The van der Waals surface area contributed by atoms with Gasteiger partial charge in [0.25, 0.3) is 0 Å². The number of nitrogens with zero attached hydrogens (tertiary/aromatic N) is 2. The molecule has 2 saturated heterocycles. The first-order valence-electron chi connectivity index (χ1n) is 10.8. The molecule has 0 aliphatic carbocycles. The molecule has 1 N–H and O–H groups in total. The summed E-state index contributed by atoms with van der Waals surface area (Å²) in [5.74, 6) is 0. The molecule has 154 valence electrons. The van der Waals surface area contributed by atoms with Crippen molar-refractivity contribution in [3.8, 4) is 0 Å². The number of fused-ring (bicyclic) bond motifs is 1. The van der Waals surface area contributed by atoms with Crippen LogP contribution in [0, 0.1) is 0 Å². The highest BCUT2D eigenvalue weighted by atomic mass is 16.5. The van der Waals surface area contributed by atoms with E-state index in [1.54, 1.807) is 7.11 Å². The molecular weight excluding hydrogens is 350 g/mol. The molecule has 1 aromatic rings. The van der Waals surface area contributed by atoms with Gasteiger partial charge in [-0.15, -0.1) is 0 Å². The Hall–Kier alpha value is -1.59. The molecule has 0 spiro atoms. The Morgan fingerprint density at radius 1 is 1.18 bits per heavy atom. The molecule has 3 aliphatic rings. The third kappa shape index (κ3) is 3.79. The van der Waals surface area contributed by atoms with E-state index in [1.807, 2.05) is 4.90 Å². The average molecular weight is 386 g/mol. The molecule has 1 aromatic carbocycles. The van der Waals surface area contributed by atoms with Crippen LogP contribution in [0.25, 0.3) is 0 Å². The minimum atomic E-state index is 0.139. The fraction of sp³-hybridized carbons (Fsp3) is 0.696. The van der Waals surface area contributed by atoms with Crippen LogP contribution in [0.15, 0.2) is 12.1 Å². The summed E-state index contributed by atoms with van der Waals surface area (Å²) >= 11 is 0. The van der Waals surface area contributed by atoms with E-state index in [9.17, 15) is 4.79 Å². The molecule has 5 heteroatoms. The Bertz CT molecular complexity index is 734. The number of carbonyl (C=O) groups excluding carboxylic acids is 1. The number of benzene rings is 1. The van der Waals surface area contributed by atoms with Gasteiger partial charge in [0, 0.05) is 39.3 Å². The fourth-order valence-corrected chi connectivity index (χ4v) is 4.85. The zero-order valence-electron chi connectivity index (χ0n) is 17.9. The molecule has 28 heavy (non-hydrogen) atoms. The molecule has 5 nitrogen and oxygen atoms in total. The van der Waals surface area contributed by atoms with Gasteiger partial charge in [0.05, 0.1) is 6.10 Å². The van der Waals surface area contributed by atoms with Crippen LogP contribution in [0.3, 0.4) is 0 Å². The molecule has 0 unspecified atom stereocenters. The summed E-state index contributed by atoms with van der Waals surface area (Å²) in [7, 11) is 1.74. The number of amides is 2. The van der Waals surface area contributed by atoms with Gasteiger partial charge in [-0.25, -0.2) is 4.79 Å². The van der Waals surface area contributed by atoms with Crippen LogP contribution in [0.4, 0.5) is 4.79 Å². The molecule has 2 amide bonds. The summed E-state index contributed by atoms with van der Waals surface area (Å²) in [6.07, 6.45) is 4.50. The smallest absolute Gasteiger partial charge is 0.320 e. The van der Waals surface area contributed by atoms with Crippen LogP contribution in [0.2, 0.25) is 0 Å². The Kier molecular flexibility index (Phi) is 5.41. The topological polar surface area (TPSA) is 44.8 Å². The summed E-state index contributed by atoms with van der Waals surface area (Å²) in [6, 6.07) is 5.41. The van der Waals surface area contributed by atoms with Gasteiger partial charge in [-0.2, -0.15) is 0 Å². The first-order chi connectivity index (χ1) is 13.4. The Balaban J connectivity index is 1.61. The van der Waals surface area contributed by atoms with Gasteiger partial charge in [0.1, 0.15) is 0 Å². The molecule has 3 aliphatic heterocycles. The van der Waals surface area contributed by atoms with Crippen molar-refractivity contribution in [2.45, 2.75) is 70.6 Å². The second-order valence-electron chi connectivity index (χ2n) is 9.65. The quantitative estimate of drug-likeness (QED) is 0.846. The largest absolute Gasteiger partial charge is 0.380 e. The van der Waals surface area contributed by atoms with Crippen molar-refractivity contribution in [3.63, 3.8) is 0 Å². The molecule has 0 bridgehead atoms. The number of carbonyl (C=O) groups is 1. The normalized spacial score (nSPS) is 25.3. The number of likely N-dealkylation sites (tertiary alicyclic amines) is 1. The Morgan fingerprint density at radius 2 is 2.00 bits per heavy atom. The Morgan fingerprint density at radius 3 is 2.64 bits per heavy atom. The minimum absolute atomic E-state index is 0.139. The van der Waals surface area contributed by atoms with Gasteiger partial charge in [-0.1, -0.05) is 32.9 Å². The lowest BCUT2D eigenvalue weighted by molar-refractivity contribution is 0.104. The molecule has 0 aromatic heterocycles. The zero-order chi connectivity index (χ0) is 19.9. The van der Waals surface area contributed by atoms with Crippen LogP contribution in [-0.4, -0.2) is 55.2 Å². The van der Waals surface area contributed by atoms with Crippen molar-refractivity contribution in [2.75, 3.05) is 33.3 Å². The van der Waals surface area contributed by atoms with Gasteiger partial charge >= 0.3 is 6.03 Å². The number of rotatable bonds is 2. The second-order valence-corrected chi connectivity index (χ2v) is 9.65. The number of methoxy groups -OCH3 is 1. The summed E-state index contributed by atoms with van der Waals surface area (Å²) in [5.41, 5.74) is 5.80. The van der Waals surface area contributed by atoms with E-state index in [1.165, 1.54) is 35.1 Å². The molecule has 3 heterocycles. The maximum atomic E-state index is 13.1. The number of hydrogen-bond acceptors (Lipinski definition) is 3. The monoisotopic (exact) mass is 385 g/mol. The average Bonchev–Trinajstić information content (AvgIpc) is 3.37. The van der Waals surface area contributed by atoms with E-state index in [4.69, 9.17) is 4.74 Å². The maximum Gasteiger partial charge on any atom is 0.320 e. The number of ether oxygens (including phenoxy) is 1. The highest BCUT2D eigenvalue weighted by molar-refractivity contribution is 5.75. The van der Waals surface area contributed by atoms with Crippen molar-refractivity contribution in [1.29, 1.82) is 0 Å². The van der Waals surface area contributed by atoms with Gasteiger partial charge in [-0.3, -0.25) is 0 Å². The molecule has 2 fully saturated rings. The standard InChI is InChI=1S/C23H35N3O2/c1-23(2,3)17-12-16-7-10-26(22(27)25-11-8-18(14-25)28-4)15-20(16)19(13-17)21-6-5-9-24-21/h12-13,18,21,24H,5-11,14-15H2,1-4H3/t18-,21+/m1/s1. The van der Waals surface area contributed by atoms with E-state index in [0.717, 1.165) is 45.6 Å². The van der Waals surface area contributed by atoms with Crippen LogP contribution in [-0.2, 0) is 23.1 Å². The lowest BCUT2D eigenvalue weighted by Gasteiger charge is -2.35. The SMILES string of the molecule is CO[C@@H]1CCN(C(=O)N2CCc3cc(C(C)(C)C)cc([C@@H]4CCCN4)c3C2)C1. The lowest BCUT2D eigenvalue weighted by Crippen LogP contribution is -2.45. The van der Waals surface area contributed by atoms with Gasteiger partial charge < -0.3 is 19.9 Å². The number of urea groups is 1. The predicted molar refractivity (Wildman–Crippen MR) is 112 cm³/mol. The van der Waals surface area contributed by atoms with E-state index < -0.39 is 0 Å². The summed E-state index contributed by atoms with van der Waals surface area (Å²) in [6.45, 7) is 11.0. The maximum absolute atomic E-state index is 13.1. The van der Waals surface area contributed by atoms with Crippen LogP contribution in [0.5, 0.6) is 0 Å². The van der Waals surface area contributed by atoms with E-state index in [-0.39, 0.29) is 17.6 Å². The van der Waals surface area contributed by atoms with Gasteiger partial charge in [-0.05, 0) is 59.9 Å². The molecule has 2 atom stereocenters. The molecule has 0 radical (unpaired) electrons. The van der Waals surface area contributed by atoms with Crippen LogP contribution < -0.4 is 5.32 Å². The first kappa shape index (κ1) is 19.7. The number of hydrogen-bond donors (Lipinski definition) is 1. The van der Waals surface area contributed by atoms with E-state index in [0.29, 0.717) is 6.04 Å². The van der Waals surface area contributed by atoms with Crippen LogP contribution in [0.1, 0.15) is 68.3 Å². The number of nitrogens with one attached hydrogen (secondary N) is 1. The zero-order valence-corrected chi connectivity index (χ0v) is 17.9. The molecule has 4 rings (SSSR count). The second kappa shape index (κ2) is 7.68. The van der Waals surface area contributed by atoms with Crippen molar-refractivity contribution in [1.82, 2.24) is 15.1 Å². The minimum Gasteiger partial charge on any atom is -0.380 e. The fourth-order valence-electron chi connectivity index (χ4n) is 4.85. The van der Waals surface area contributed by atoms with Gasteiger partial charge in [0.15, 0.2) is 0 Å². The van der Waals surface area contributed by atoms with E-state index >= 15 is 0 Å². The predicted octanol–water partition coefficient (Wildman–Crippen LogP) is 3.61. The summed E-state index contributed by atoms with van der Waals surface area (Å²) in [4.78, 5) is 17.1.